The molecule has 3 amide bonds. The monoisotopic (exact) mass is 651 g/mol. The number of alkyl carbamates (subject to hydrolysis) is 1. The molecule has 0 bridgehead atoms. The van der Waals surface area contributed by atoms with Gasteiger partial charge in [0, 0.05) is 43.9 Å². The molecule has 1 atom stereocenters. The highest BCUT2D eigenvalue weighted by molar-refractivity contribution is 7.99. The van der Waals surface area contributed by atoms with Crippen molar-refractivity contribution in [3.05, 3.63) is 52.4 Å². The summed E-state index contributed by atoms with van der Waals surface area (Å²) in [7, 11) is 0. The zero-order valence-electron chi connectivity index (χ0n) is 25.0. The lowest BCUT2D eigenvalue weighted by atomic mass is 10.0. The van der Waals surface area contributed by atoms with E-state index in [0.29, 0.717) is 30.3 Å². The third kappa shape index (κ3) is 8.60. The van der Waals surface area contributed by atoms with Gasteiger partial charge in [0.25, 0.3) is 5.91 Å². The number of carbonyl (C=O) groups is 3. The molecule has 1 saturated heterocycles. The highest BCUT2D eigenvalue weighted by Crippen LogP contribution is 2.33. The maximum Gasteiger partial charge on any atom is 0.449 e. The van der Waals surface area contributed by atoms with Crippen LogP contribution >= 0.6 is 11.8 Å². The van der Waals surface area contributed by atoms with Crippen molar-refractivity contribution in [3.8, 4) is 0 Å². The Labute approximate surface area is 255 Å². The van der Waals surface area contributed by atoms with Crippen LogP contribution in [0, 0.1) is 17.5 Å². The molecule has 244 valence electrons. The van der Waals surface area contributed by atoms with Gasteiger partial charge < -0.3 is 24.4 Å². The Morgan fingerprint density at radius 1 is 1.00 bits per heavy atom. The summed E-state index contributed by atoms with van der Waals surface area (Å²) in [6.07, 6.45) is -6.69. The molecule has 2 aromatic rings. The van der Waals surface area contributed by atoms with Gasteiger partial charge in [-0.3, -0.25) is 9.59 Å². The third-order valence-electron chi connectivity index (χ3n) is 6.55. The molecule has 1 fully saturated rings. The van der Waals surface area contributed by atoms with Crippen molar-refractivity contribution < 1.29 is 45.5 Å². The lowest BCUT2D eigenvalue weighted by Crippen LogP contribution is -2.46. The molecular weight excluding hydrogens is 616 g/mol. The van der Waals surface area contributed by atoms with E-state index in [9.17, 15) is 40.7 Å². The summed E-state index contributed by atoms with van der Waals surface area (Å²) in [6.45, 7) is 8.28. The van der Waals surface area contributed by atoms with E-state index in [1.54, 1.807) is 20.8 Å². The predicted molar refractivity (Wildman–Crippen MR) is 150 cm³/mol. The van der Waals surface area contributed by atoms with Crippen LogP contribution in [0.15, 0.2) is 12.1 Å². The number of benzene rings is 1. The quantitative estimate of drug-likeness (QED) is 0.334. The van der Waals surface area contributed by atoms with Gasteiger partial charge in [-0.1, -0.05) is 13.8 Å². The molecular formula is C28H35F6N5O4S. The Kier molecular flexibility index (Phi) is 11.2. The zero-order valence-corrected chi connectivity index (χ0v) is 25.8. The Balaban J connectivity index is 0.00000259. The van der Waals surface area contributed by atoms with Crippen LogP contribution in [0.2, 0.25) is 0 Å². The number of carbonyl (C=O) groups excluding carboxylic acids is 3. The van der Waals surface area contributed by atoms with E-state index in [0.717, 1.165) is 4.57 Å². The molecule has 2 aliphatic heterocycles. The minimum atomic E-state index is -4.84. The van der Waals surface area contributed by atoms with Crippen LogP contribution < -0.4 is 5.32 Å². The van der Waals surface area contributed by atoms with E-state index < -0.39 is 77.5 Å². The SMILES string of the molecule is CC.CC(C)(C)OC(=O)NC(CC(=O)N1CCn2c(C(F)(F)F)nc(C(=O)N3CCSC3)c2C1)Cc1cc(F)c(F)cc1F. The largest absolute Gasteiger partial charge is 0.449 e. The average molecular weight is 652 g/mol. The third-order valence-corrected chi connectivity index (χ3v) is 7.52. The predicted octanol–water partition coefficient (Wildman–Crippen LogP) is 5.36. The number of hydrogen-bond acceptors (Lipinski definition) is 6. The summed E-state index contributed by atoms with van der Waals surface area (Å²) in [6, 6.07) is -0.198. The highest BCUT2D eigenvalue weighted by atomic mass is 32.2. The van der Waals surface area contributed by atoms with Gasteiger partial charge in [-0.25, -0.2) is 22.9 Å². The Hall–Kier alpha value is -3.43. The molecule has 0 aliphatic carbocycles. The first kappa shape index (κ1) is 35.1. The number of halogens is 6. The van der Waals surface area contributed by atoms with Crippen LogP contribution in [-0.4, -0.2) is 73.6 Å². The van der Waals surface area contributed by atoms with Gasteiger partial charge in [0.2, 0.25) is 11.7 Å². The maximum absolute atomic E-state index is 14.4. The van der Waals surface area contributed by atoms with Crippen molar-refractivity contribution in [2.75, 3.05) is 24.7 Å². The molecule has 3 heterocycles. The maximum atomic E-state index is 14.4. The van der Waals surface area contributed by atoms with Gasteiger partial charge in [0.05, 0.1) is 18.1 Å². The topological polar surface area (TPSA) is 96.8 Å². The number of ether oxygens (including phenoxy) is 1. The number of fused-ring (bicyclic) bond motifs is 1. The second-order valence-corrected chi connectivity index (χ2v) is 12.0. The van der Waals surface area contributed by atoms with Gasteiger partial charge in [-0.05, 0) is 38.8 Å². The lowest BCUT2D eigenvalue weighted by Gasteiger charge is -2.31. The minimum Gasteiger partial charge on any atom is -0.444 e. The van der Waals surface area contributed by atoms with Gasteiger partial charge >= 0.3 is 12.3 Å². The van der Waals surface area contributed by atoms with Gasteiger partial charge in [-0.2, -0.15) is 13.2 Å². The summed E-state index contributed by atoms with van der Waals surface area (Å²) in [5, 5.41) is 2.44. The zero-order chi connectivity index (χ0) is 33.0. The second-order valence-electron chi connectivity index (χ2n) is 10.9. The smallest absolute Gasteiger partial charge is 0.444 e. The van der Waals surface area contributed by atoms with E-state index >= 15 is 0 Å². The van der Waals surface area contributed by atoms with Gasteiger partial charge in [0.1, 0.15) is 11.4 Å². The Bertz CT molecular complexity index is 1370. The fourth-order valence-electron chi connectivity index (χ4n) is 4.67. The van der Waals surface area contributed by atoms with E-state index in [2.05, 4.69) is 10.3 Å². The summed E-state index contributed by atoms with van der Waals surface area (Å²) >= 11 is 1.45. The first-order valence-corrected chi connectivity index (χ1v) is 15.1. The summed E-state index contributed by atoms with van der Waals surface area (Å²) in [4.78, 5) is 45.1. The summed E-state index contributed by atoms with van der Waals surface area (Å²) in [5.41, 5.74) is -1.71. The number of thioether (sulfide) groups is 1. The number of nitrogens with one attached hydrogen (secondary N) is 1. The first-order valence-electron chi connectivity index (χ1n) is 14.0. The molecule has 2 aliphatic rings. The second kappa shape index (κ2) is 14.1. The van der Waals surface area contributed by atoms with Gasteiger partial charge in [0.15, 0.2) is 17.3 Å². The van der Waals surface area contributed by atoms with Crippen molar-refractivity contribution in [1.29, 1.82) is 0 Å². The van der Waals surface area contributed by atoms with Crippen LogP contribution in [0.4, 0.5) is 31.1 Å². The fraction of sp³-hybridized carbons (Fsp3) is 0.571. The van der Waals surface area contributed by atoms with E-state index in [1.165, 1.54) is 21.6 Å². The summed E-state index contributed by atoms with van der Waals surface area (Å²) < 4.78 is 89.1. The molecule has 16 heteroatoms. The molecule has 0 radical (unpaired) electrons. The minimum absolute atomic E-state index is 0.0767. The molecule has 9 nitrogen and oxygen atoms in total. The molecule has 4 rings (SSSR count). The summed E-state index contributed by atoms with van der Waals surface area (Å²) in [5.74, 6) is -5.46. The van der Waals surface area contributed by atoms with Crippen molar-refractivity contribution >= 4 is 29.7 Å². The van der Waals surface area contributed by atoms with Crippen LogP contribution in [0.5, 0.6) is 0 Å². The van der Waals surface area contributed by atoms with Crippen LogP contribution in [0.25, 0.3) is 0 Å². The molecule has 1 aromatic carbocycles. The number of alkyl halides is 3. The number of imidazole rings is 1. The Morgan fingerprint density at radius 2 is 1.66 bits per heavy atom. The van der Waals surface area contributed by atoms with E-state index in [4.69, 9.17) is 4.74 Å². The molecule has 1 aromatic heterocycles. The molecule has 0 saturated carbocycles. The van der Waals surface area contributed by atoms with E-state index in [-0.39, 0.29) is 30.9 Å². The van der Waals surface area contributed by atoms with Crippen molar-refractivity contribution in [3.63, 3.8) is 0 Å². The highest BCUT2D eigenvalue weighted by Gasteiger charge is 2.42. The number of nitrogens with zero attached hydrogens (tertiary/aromatic N) is 4. The van der Waals surface area contributed by atoms with Crippen LogP contribution in [0.1, 0.15) is 68.6 Å². The fourth-order valence-corrected chi connectivity index (χ4v) is 5.61. The first-order chi connectivity index (χ1) is 20.5. The molecule has 0 spiro atoms. The lowest BCUT2D eigenvalue weighted by molar-refractivity contribution is -0.148. The number of rotatable bonds is 6. The molecule has 1 unspecified atom stereocenters. The van der Waals surface area contributed by atoms with Crippen molar-refractivity contribution in [2.45, 2.75) is 78.4 Å². The van der Waals surface area contributed by atoms with Crippen molar-refractivity contribution in [1.82, 2.24) is 24.7 Å². The van der Waals surface area contributed by atoms with Gasteiger partial charge in [-0.15, -0.1) is 11.8 Å². The standard InChI is InChI=1S/C26H29F6N5O4S.C2H6/c1-25(2,3)41-24(40)33-15(8-14-9-17(28)18(29)11-16(14)27)10-20(38)35-4-5-37-19(12-35)21(34-23(37)26(30,31)32)22(39)36-6-7-42-13-36;1-2/h9,11,15H,4-8,10,12-13H2,1-3H3,(H,33,40);1-2H3. The normalized spacial score (nSPS) is 15.7. The van der Waals surface area contributed by atoms with E-state index in [1.807, 2.05) is 13.8 Å². The number of aromatic nitrogens is 2. The van der Waals surface area contributed by atoms with Crippen LogP contribution in [0.3, 0.4) is 0 Å². The van der Waals surface area contributed by atoms with Crippen LogP contribution in [-0.2, 0) is 35.2 Å². The number of hydrogen-bond donors (Lipinski definition) is 1. The van der Waals surface area contributed by atoms with Crippen molar-refractivity contribution in [2.24, 2.45) is 0 Å². The number of amides is 3. The molecule has 1 N–H and O–H groups in total. The average Bonchev–Trinajstić information content (AvgIpc) is 3.59. The Morgan fingerprint density at radius 3 is 2.25 bits per heavy atom. The molecule has 44 heavy (non-hydrogen) atoms.